The van der Waals surface area contributed by atoms with Gasteiger partial charge in [-0.05, 0) is 55.1 Å². The predicted molar refractivity (Wildman–Crippen MR) is 121 cm³/mol. The van der Waals surface area contributed by atoms with Crippen LogP contribution in [0, 0.1) is 0 Å². The zero-order valence-electron chi connectivity index (χ0n) is 17.5. The maximum Gasteiger partial charge on any atom is 0.232 e. The smallest absolute Gasteiger partial charge is 0.232 e. The van der Waals surface area contributed by atoms with E-state index in [-0.39, 0.29) is 18.9 Å². The molecular weight excluding hydrogens is 424 g/mol. The molecule has 7 nitrogen and oxygen atoms in total. The molecule has 0 aliphatic carbocycles. The SMILES string of the molecule is COc1ccc(OCCNC(=O)CCCN(c2cccc(SC)c2)S(C)(=O)=O)cc1. The summed E-state index contributed by atoms with van der Waals surface area (Å²) in [6, 6.07) is 14.6. The first-order chi connectivity index (χ1) is 14.3. The number of rotatable bonds is 12. The number of benzene rings is 2. The van der Waals surface area contributed by atoms with Gasteiger partial charge in [-0.3, -0.25) is 9.10 Å². The molecule has 0 atom stereocenters. The summed E-state index contributed by atoms with van der Waals surface area (Å²) in [6.07, 6.45) is 3.76. The first-order valence-corrected chi connectivity index (χ1v) is 12.6. The van der Waals surface area contributed by atoms with Crippen LogP contribution >= 0.6 is 11.8 Å². The fourth-order valence-electron chi connectivity index (χ4n) is 2.75. The molecule has 0 aliphatic rings. The minimum Gasteiger partial charge on any atom is -0.497 e. The highest BCUT2D eigenvalue weighted by Gasteiger charge is 2.17. The molecule has 0 bridgehead atoms. The van der Waals surface area contributed by atoms with Crippen LogP contribution in [0.15, 0.2) is 53.4 Å². The van der Waals surface area contributed by atoms with Crippen LogP contribution in [0.25, 0.3) is 0 Å². The van der Waals surface area contributed by atoms with Gasteiger partial charge < -0.3 is 14.8 Å². The summed E-state index contributed by atoms with van der Waals surface area (Å²) >= 11 is 1.55. The first-order valence-electron chi connectivity index (χ1n) is 9.49. The molecule has 1 amide bonds. The number of carbonyl (C=O) groups is 1. The number of nitrogens with one attached hydrogen (secondary N) is 1. The van der Waals surface area contributed by atoms with Crippen molar-refractivity contribution in [2.45, 2.75) is 17.7 Å². The molecule has 0 fully saturated rings. The summed E-state index contributed by atoms with van der Waals surface area (Å²) in [6.45, 7) is 0.956. The van der Waals surface area contributed by atoms with Crippen LogP contribution < -0.4 is 19.1 Å². The Morgan fingerprint density at radius 3 is 2.47 bits per heavy atom. The van der Waals surface area contributed by atoms with Gasteiger partial charge in [0.05, 0.1) is 25.6 Å². The van der Waals surface area contributed by atoms with Crippen LogP contribution in [0.3, 0.4) is 0 Å². The molecule has 9 heteroatoms. The van der Waals surface area contributed by atoms with E-state index in [4.69, 9.17) is 9.47 Å². The third-order valence-electron chi connectivity index (χ3n) is 4.26. The molecule has 0 aliphatic heterocycles. The second-order valence-electron chi connectivity index (χ2n) is 6.51. The third-order valence-corrected chi connectivity index (χ3v) is 6.18. The van der Waals surface area contributed by atoms with Crippen molar-refractivity contribution >= 4 is 33.4 Å². The summed E-state index contributed by atoms with van der Waals surface area (Å²) in [4.78, 5) is 13.0. The summed E-state index contributed by atoms with van der Waals surface area (Å²) < 4.78 is 36.4. The number of carbonyl (C=O) groups excluding carboxylic acids is 1. The van der Waals surface area contributed by atoms with Gasteiger partial charge in [-0.25, -0.2) is 8.42 Å². The standard InChI is InChI=1S/C21H28N2O5S2/c1-27-18-9-11-19(12-10-18)28-15-13-22-21(24)8-5-14-23(30(3,25)26)17-6-4-7-20(16-17)29-2/h4,6-7,9-12,16H,5,8,13-15H2,1-3H3,(H,22,24). The average molecular weight is 453 g/mol. The van der Waals surface area contributed by atoms with Gasteiger partial charge in [0.2, 0.25) is 15.9 Å². The molecule has 2 aromatic carbocycles. The second-order valence-corrected chi connectivity index (χ2v) is 9.30. The number of thioether (sulfide) groups is 1. The van der Waals surface area contributed by atoms with Crippen molar-refractivity contribution in [2.24, 2.45) is 0 Å². The van der Waals surface area contributed by atoms with E-state index in [0.29, 0.717) is 31.0 Å². The number of methoxy groups -OCH3 is 1. The van der Waals surface area contributed by atoms with Gasteiger partial charge >= 0.3 is 0 Å². The lowest BCUT2D eigenvalue weighted by Crippen LogP contribution is -2.32. The zero-order valence-corrected chi connectivity index (χ0v) is 19.1. The van der Waals surface area contributed by atoms with Gasteiger partial charge in [-0.15, -0.1) is 11.8 Å². The maximum atomic E-state index is 12.2. The van der Waals surface area contributed by atoms with Gasteiger partial charge in [-0.1, -0.05) is 6.07 Å². The summed E-state index contributed by atoms with van der Waals surface area (Å²) in [5.74, 6) is 1.31. The number of anilines is 1. The zero-order chi connectivity index (χ0) is 22.0. The molecular formula is C21H28N2O5S2. The largest absolute Gasteiger partial charge is 0.497 e. The molecule has 0 radical (unpaired) electrons. The van der Waals surface area contributed by atoms with Crippen molar-refractivity contribution in [2.75, 3.05) is 43.6 Å². The Morgan fingerprint density at radius 1 is 1.13 bits per heavy atom. The van der Waals surface area contributed by atoms with E-state index in [2.05, 4.69) is 5.32 Å². The van der Waals surface area contributed by atoms with Crippen molar-refractivity contribution in [3.8, 4) is 11.5 Å². The van der Waals surface area contributed by atoms with Crippen LogP contribution in [0.2, 0.25) is 0 Å². The molecule has 164 valence electrons. The topological polar surface area (TPSA) is 84.9 Å². The third kappa shape index (κ3) is 7.79. The quantitative estimate of drug-likeness (QED) is 0.393. The number of hydrogen-bond donors (Lipinski definition) is 1. The monoisotopic (exact) mass is 452 g/mol. The van der Waals surface area contributed by atoms with Gasteiger partial charge in [0.15, 0.2) is 0 Å². The average Bonchev–Trinajstić information content (AvgIpc) is 2.74. The van der Waals surface area contributed by atoms with Crippen molar-refractivity contribution in [1.82, 2.24) is 5.32 Å². The van der Waals surface area contributed by atoms with Crippen LogP contribution in [-0.2, 0) is 14.8 Å². The van der Waals surface area contributed by atoms with Gasteiger partial charge in [0, 0.05) is 17.9 Å². The molecule has 1 N–H and O–H groups in total. The van der Waals surface area contributed by atoms with Crippen LogP contribution in [0.4, 0.5) is 5.69 Å². The van der Waals surface area contributed by atoms with E-state index < -0.39 is 10.0 Å². The first kappa shape index (κ1) is 23.9. The van der Waals surface area contributed by atoms with E-state index in [1.165, 1.54) is 10.6 Å². The van der Waals surface area contributed by atoms with Crippen LogP contribution in [0.5, 0.6) is 11.5 Å². The number of amides is 1. The number of hydrogen-bond acceptors (Lipinski definition) is 6. The Balaban J connectivity index is 1.75. The Kier molecular flexibility index (Phi) is 9.32. The van der Waals surface area contributed by atoms with E-state index in [1.807, 2.05) is 24.5 Å². The van der Waals surface area contributed by atoms with E-state index in [0.717, 1.165) is 10.6 Å². The maximum absolute atomic E-state index is 12.2. The molecule has 0 spiro atoms. The minimum atomic E-state index is -3.43. The lowest BCUT2D eigenvalue weighted by atomic mass is 10.2. The predicted octanol–water partition coefficient (Wildman–Crippen LogP) is 3.16. The van der Waals surface area contributed by atoms with Crippen molar-refractivity contribution < 1.29 is 22.7 Å². The minimum absolute atomic E-state index is 0.139. The van der Waals surface area contributed by atoms with Gasteiger partial charge in [0.1, 0.15) is 18.1 Å². The molecule has 2 rings (SSSR count). The molecule has 30 heavy (non-hydrogen) atoms. The van der Waals surface area contributed by atoms with Crippen molar-refractivity contribution in [3.63, 3.8) is 0 Å². The normalized spacial score (nSPS) is 11.0. The Labute approximate surface area is 182 Å². The fourth-order valence-corrected chi connectivity index (χ4v) is 4.17. The molecule has 0 heterocycles. The van der Waals surface area contributed by atoms with E-state index in [9.17, 15) is 13.2 Å². The summed E-state index contributed by atoms with van der Waals surface area (Å²) in [5, 5.41) is 2.79. The van der Waals surface area contributed by atoms with Crippen molar-refractivity contribution in [1.29, 1.82) is 0 Å². The number of sulfonamides is 1. The molecule has 2 aromatic rings. The molecule has 0 saturated heterocycles. The highest BCUT2D eigenvalue weighted by atomic mass is 32.2. The summed E-state index contributed by atoms with van der Waals surface area (Å²) in [5.41, 5.74) is 0.609. The highest BCUT2D eigenvalue weighted by Crippen LogP contribution is 2.24. The molecule has 0 saturated carbocycles. The Morgan fingerprint density at radius 2 is 1.83 bits per heavy atom. The van der Waals surface area contributed by atoms with Crippen LogP contribution in [0.1, 0.15) is 12.8 Å². The number of nitrogens with zero attached hydrogens (tertiary/aromatic N) is 1. The molecule has 0 unspecified atom stereocenters. The van der Waals surface area contributed by atoms with Gasteiger partial charge in [-0.2, -0.15) is 0 Å². The Bertz CT molecular complexity index is 917. The summed E-state index contributed by atoms with van der Waals surface area (Å²) in [7, 11) is -1.83. The van der Waals surface area contributed by atoms with E-state index in [1.54, 1.807) is 49.2 Å². The van der Waals surface area contributed by atoms with E-state index >= 15 is 0 Å². The van der Waals surface area contributed by atoms with Gasteiger partial charge in [0.25, 0.3) is 0 Å². The fraction of sp³-hybridized carbons (Fsp3) is 0.381. The second kappa shape index (κ2) is 11.7. The molecule has 0 aromatic heterocycles. The highest BCUT2D eigenvalue weighted by molar-refractivity contribution is 7.98. The lowest BCUT2D eigenvalue weighted by molar-refractivity contribution is -0.121. The Hall–Kier alpha value is -2.39. The van der Waals surface area contributed by atoms with Crippen LogP contribution in [-0.4, -0.2) is 53.6 Å². The lowest BCUT2D eigenvalue weighted by Gasteiger charge is -2.22. The van der Waals surface area contributed by atoms with Crippen molar-refractivity contribution in [3.05, 3.63) is 48.5 Å². The number of ether oxygens (including phenoxy) is 2.